The summed E-state index contributed by atoms with van der Waals surface area (Å²) in [5, 5.41) is 17.1. The molecule has 0 spiro atoms. The van der Waals surface area contributed by atoms with Gasteiger partial charge in [-0.15, -0.1) is 0 Å². The lowest BCUT2D eigenvalue weighted by Gasteiger charge is -2.34. The van der Waals surface area contributed by atoms with Gasteiger partial charge in [-0.05, 0) is 95.9 Å². The fourth-order valence-electron chi connectivity index (χ4n) is 6.75. The molecule has 1 amide bonds. The minimum absolute atomic E-state index is 0.125. The Morgan fingerprint density at radius 3 is 2.57 bits per heavy atom. The normalized spacial score (nSPS) is 19.1. The number of aromatic nitrogens is 4. The van der Waals surface area contributed by atoms with Crippen LogP contribution < -0.4 is 20.3 Å². The molecule has 1 aliphatic carbocycles. The van der Waals surface area contributed by atoms with Gasteiger partial charge in [-0.25, -0.2) is 4.98 Å². The highest BCUT2D eigenvalue weighted by atomic mass is 16.5. The molecule has 0 bridgehead atoms. The highest BCUT2D eigenvalue weighted by Crippen LogP contribution is 2.36. The van der Waals surface area contributed by atoms with E-state index in [0.717, 1.165) is 81.3 Å². The van der Waals surface area contributed by atoms with Gasteiger partial charge in [0.25, 0.3) is 5.91 Å². The number of amides is 1. The molecule has 46 heavy (non-hydrogen) atoms. The molecule has 1 aromatic carbocycles. The van der Waals surface area contributed by atoms with E-state index in [-0.39, 0.29) is 18.1 Å². The second-order valence-electron chi connectivity index (χ2n) is 12.9. The molecule has 1 aliphatic heterocycles. The van der Waals surface area contributed by atoms with Gasteiger partial charge in [-0.1, -0.05) is 0 Å². The van der Waals surface area contributed by atoms with Gasteiger partial charge in [-0.2, -0.15) is 0 Å². The number of rotatable bonds is 10. The molecule has 2 fully saturated rings. The van der Waals surface area contributed by atoms with Crippen LogP contribution in [0.1, 0.15) is 60.6 Å². The third-order valence-corrected chi connectivity index (χ3v) is 9.27. The van der Waals surface area contributed by atoms with E-state index >= 15 is 0 Å². The Morgan fingerprint density at radius 2 is 1.83 bits per heavy atom. The van der Waals surface area contributed by atoms with Crippen LogP contribution in [0, 0.1) is 6.92 Å². The summed E-state index contributed by atoms with van der Waals surface area (Å²) in [5.41, 5.74) is 5.56. The van der Waals surface area contributed by atoms with E-state index in [4.69, 9.17) is 9.72 Å². The van der Waals surface area contributed by atoms with Crippen LogP contribution in [0.3, 0.4) is 0 Å². The van der Waals surface area contributed by atoms with Crippen LogP contribution >= 0.6 is 0 Å². The van der Waals surface area contributed by atoms with Crippen molar-refractivity contribution in [2.75, 3.05) is 57.6 Å². The summed E-state index contributed by atoms with van der Waals surface area (Å²) in [5.74, 6) is 0.907. The number of methoxy groups -OCH3 is 1. The van der Waals surface area contributed by atoms with Gasteiger partial charge < -0.3 is 29.5 Å². The van der Waals surface area contributed by atoms with Crippen molar-refractivity contribution in [1.29, 1.82) is 0 Å². The second-order valence-corrected chi connectivity index (χ2v) is 12.9. The number of carbonyl (C=O) groups is 1. The van der Waals surface area contributed by atoms with Gasteiger partial charge in [0.1, 0.15) is 5.75 Å². The molecular weight excluding hydrogens is 580 g/mol. The summed E-state index contributed by atoms with van der Waals surface area (Å²) in [6.45, 7) is 5.90. The van der Waals surface area contributed by atoms with Crippen LogP contribution in [0.25, 0.3) is 22.3 Å². The number of aliphatic hydroxyl groups is 1. The predicted molar refractivity (Wildman–Crippen MR) is 182 cm³/mol. The zero-order valence-corrected chi connectivity index (χ0v) is 27.4. The van der Waals surface area contributed by atoms with Crippen molar-refractivity contribution in [3.63, 3.8) is 0 Å². The maximum atomic E-state index is 13.8. The molecule has 4 aromatic rings. The first-order valence-electron chi connectivity index (χ1n) is 16.4. The molecule has 0 atom stereocenters. The van der Waals surface area contributed by atoms with E-state index < -0.39 is 0 Å². The summed E-state index contributed by atoms with van der Waals surface area (Å²) in [6, 6.07) is 12.4. The summed E-state index contributed by atoms with van der Waals surface area (Å²) in [7, 11) is 5.82. The summed E-state index contributed by atoms with van der Waals surface area (Å²) < 4.78 is 7.71. The Balaban J connectivity index is 1.27. The maximum Gasteiger partial charge on any atom is 0.258 e. The summed E-state index contributed by atoms with van der Waals surface area (Å²) >= 11 is 0. The molecule has 1 saturated carbocycles. The van der Waals surface area contributed by atoms with E-state index in [9.17, 15) is 9.90 Å². The third-order valence-electron chi connectivity index (χ3n) is 9.27. The average molecular weight is 627 g/mol. The van der Waals surface area contributed by atoms with Crippen LogP contribution in [0.4, 0.5) is 11.6 Å². The van der Waals surface area contributed by atoms with Gasteiger partial charge in [0.2, 0.25) is 5.95 Å². The number of aliphatic hydroxyl groups excluding tert-OH is 1. The molecule has 1 saturated heterocycles. The lowest BCUT2D eigenvalue weighted by Crippen LogP contribution is -2.44. The third kappa shape index (κ3) is 7.16. The average Bonchev–Trinajstić information content (AvgIpc) is 3.42. The van der Waals surface area contributed by atoms with Gasteiger partial charge in [0.05, 0.1) is 35.5 Å². The van der Waals surface area contributed by atoms with Crippen LogP contribution in [-0.4, -0.2) is 95.0 Å². The number of likely N-dealkylation sites (N-methyl/N-ethyl adjacent to an activating group) is 1. The van der Waals surface area contributed by atoms with Crippen LogP contribution in [0.2, 0.25) is 0 Å². The highest BCUT2D eigenvalue weighted by Gasteiger charge is 2.27. The van der Waals surface area contributed by atoms with Crippen LogP contribution in [-0.2, 0) is 0 Å². The van der Waals surface area contributed by atoms with E-state index in [0.29, 0.717) is 34.7 Å². The molecule has 6 rings (SSSR count). The molecule has 3 N–H and O–H groups in total. The molecule has 4 heterocycles. The Bertz CT molecular complexity index is 1660. The SMILES string of the molecule is COc1ccncc1-c1cc(C(=O)Nc2nc3ccc(N4CCC(NCCN(C)C)CC4)cc3n2[C@H]2CC[C@@H](O)CC2)cc(C)n1. The van der Waals surface area contributed by atoms with E-state index in [1.54, 1.807) is 37.7 Å². The molecule has 244 valence electrons. The Labute approximate surface area is 271 Å². The van der Waals surface area contributed by atoms with E-state index in [2.05, 4.69) is 67.3 Å². The molecular formula is C35H46N8O3. The number of ether oxygens (including phenoxy) is 1. The number of benzene rings is 1. The van der Waals surface area contributed by atoms with E-state index in [1.807, 2.05) is 6.92 Å². The Kier molecular flexibility index (Phi) is 9.81. The van der Waals surface area contributed by atoms with Crippen molar-refractivity contribution in [2.45, 2.75) is 63.6 Å². The largest absolute Gasteiger partial charge is 0.496 e. The minimum Gasteiger partial charge on any atom is -0.496 e. The number of carbonyl (C=O) groups excluding carboxylic acids is 1. The molecule has 11 heteroatoms. The fraction of sp³-hybridized carbons (Fsp3) is 0.486. The van der Waals surface area contributed by atoms with Gasteiger partial charge >= 0.3 is 0 Å². The van der Waals surface area contributed by atoms with Crippen molar-refractivity contribution in [3.05, 3.63) is 60.0 Å². The van der Waals surface area contributed by atoms with Crippen molar-refractivity contribution in [3.8, 4) is 17.0 Å². The first-order chi connectivity index (χ1) is 22.3. The van der Waals surface area contributed by atoms with E-state index in [1.165, 1.54) is 5.69 Å². The number of nitrogens with one attached hydrogen (secondary N) is 2. The smallest absolute Gasteiger partial charge is 0.258 e. The number of imidazole rings is 1. The number of anilines is 2. The number of pyridine rings is 2. The summed E-state index contributed by atoms with van der Waals surface area (Å²) in [6.07, 6.45) is 8.38. The first kappa shape index (κ1) is 31.9. The number of hydrogen-bond donors (Lipinski definition) is 3. The molecule has 2 aliphatic rings. The standard InChI is InChI=1S/C35H46N8O3/c1-23-19-24(20-31(38-23)29-22-36-14-11-33(29)46-4)34(45)40-35-39-30-10-7-27(21-32(30)43(35)26-5-8-28(44)9-6-26)42-16-12-25(13-17-42)37-15-18-41(2)3/h7,10-11,14,19-22,25-26,28,37,44H,5-6,8-9,12-13,15-18H2,1-4H3,(H,39,40,45)/t26-,28+. The number of piperidine rings is 1. The minimum atomic E-state index is -0.282. The summed E-state index contributed by atoms with van der Waals surface area (Å²) in [4.78, 5) is 32.3. The van der Waals surface area contributed by atoms with Gasteiger partial charge in [0.15, 0.2) is 0 Å². The number of nitrogens with zero attached hydrogens (tertiary/aromatic N) is 6. The lowest BCUT2D eigenvalue weighted by molar-refractivity contribution is 0.102. The zero-order chi connectivity index (χ0) is 32.2. The van der Waals surface area contributed by atoms with Crippen molar-refractivity contribution in [2.24, 2.45) is 0 Å². The van der Waals surface area contributed by atoms with Crippen LogP contribution in [0.15, 0.2) is 48.8 Å². The predicted octanol–water partition coefficient (Wildman–Crippen LogP) is 4.66. The zero-order valence-electron chi connectivity index (χ0n) is 27.4. The van der Waals surface area contributed by atoms with Gasteiger partial charge in [0, 0.05) is 67.6 Å². The first-order valence-corrected chi connectivity index (χ1v) is 16.4. The van der Waals surface area contributed by atoms with Gasteiger partial charge in [-0.3, -0.25) is 20.1 Å². The molecule has 11 nitrogen and oxygen atoms in total. The number of fused-ring (bicyclic) bond motifs is 1. The second kappa shape index (κ2) is 14.1. The topological polar surface area (TPSA) is 121 Å². The van der Waals surface area contributed by atoms with Crippen molar-refractivity contribution < 1.29 is 14.6 Å². The molecule has 0 radical (unpaired) electrons. The quantitative estimate of drug-likeness (QED) is 0.231. The Morgan fingerprint density at radius 1 is 1.04 bits per heavy atom. The monoisotopic (exact) mass is 626 g/mol. The fourth-order valence-corrected chi connectivity index (χ4v) is 6.75. The van der Waals surface area contributed by atoms with Crippen molar-refractivity contribution >= 4 is 28.6 Å². The Hall–Kier alpha value is -4.06. The lowest BCUT2D eigenvalue weighted by atomic mass is 9.93. The van der Waals surface area contributed by atoms with Crippen LogP contribution in [0.5, 0.6) is 5.75 Å². The highest BCUT2D eigenvalue weighted by molar-refractivity contribution is 6.05. The number of hydrogen-bond acceptors (Lipinski definition) is 9. The van der Waals surface area contributed by atoms with Crippen molar-refractivity contribution in [1.82, 2.24) is 29.7 Å². The number of aryl methyl sites for hydroxylation is 1. The molecule has 0 unspecified atom stereocenters. The maximum absolute atomic E-state index is 13.8. The molecule has 3 aromatic heterocycles.